The van der Waals surface area contributed by atoms with Crippen LogP contribution in [0.2, 0.25) is 0 Å². The highest BCUT2D eigenvalue weighted by Crippen LogP contribution is 2.39. The number of amides is 1. The topological polar surface area (TPSA) is 66.4 Å². The standard InChI is InChI=1S/C16H21NO3/c1-11(12-6-4-3-5-7-12)10-14(18)17-16(2,15(19)20)13-8-9-13/h3-7,11,13H,8-10H2,1-2H3,(H,17,18)(H,19,20)/t11-,16-/m0/s1. The van der Waals surface area contributed by atoms with Gasteiger partial charge in [-0.1, -0.05) is 37.3 Å². The van der Waals surface area contributed by atoms with Gasteiger partial charge in [0.25, 0.3) is 0 Å². The molecular formula is C16H21NO3. The molecule has 20 heavy (non-hydrogen) atoms. The van der Waals surface area contributed by atoms with Crippen LogP contribution >= 0.6 is 0 Å². The zero-order chi connectivity index (χ0) is 14.8. The van der Waals surface area contributed by atoms with E-state index in [1.807, 2.05) is 37.3 Å². The van der Waals surface area contributed by atoms with Crippen LogP contribution in [0.25, 0.3) is 0 Å². The van der Waals surface area contributed by atoms with Gasteiger partial charge in [-0.15, -0.1) is 0 Å². The quantitative estimate of drug-likeness (QED) is 0.838. The summed E-state index contributed by atoms with van der Waals surface area (Å²) < 4.78 is 0. The molecule has 4 nitrogen and oxygen atoms in total. The minimum absolute atomic E-state index is 0.0657. The summed E-state index contributed by atoms with van der Waals surface area (Å²) in [6.45, 7) is 3.59. The summed E-state index contributed by atoms with van der Waals surface area (Å²) in [7, 11) is 0. The minimum atomic E-state index is -1.12. The SMILES string of the molecule is C[C@@H](CC(=O)N[C@](C)(C(=O)O)C1CC1)c1ccccc1. The van der Waals surface area contributed by atoms with Crippen molar-refractivity contribution in [1.29, 1.82) is 0 Å². The lowest BCUT2D eigenvalue weighted by Gasteiger charge is -2.26. The summed E-state index contributed by atoms with van der Waals surface area (Å²) in [5.41, 5.74) is -0.0286. The van der Waals surface area contributed by atoms with Gasteiger partial charge in [0.2, 0.25) is 5.91 Å². The maximum atomic E-state index is 12.1. The number of carbonyl (C=O) groups excluding carboxylic acids is 1. The van der Waals surface area contributed by atoms with E-state index in [9.17, 15) is 14.7 Å². The van der Waals surface area contributed by atoms with Gasteiger partial charge in [-0.2, -0.15) is 0 Å². The predicted octanol–water partition coefficient (Wildman–Crippen LogP) is 2.55. The lowest BCUT2D eigenvalue weighted by molar-refractivity contribution is -0.148. The van der Waals surface area contributed by atoms with Crippen molar-refractivity contribution in [1.82, 2.24) is 5.32 Å². The first-order chi connectivity index (χ1) is 9.43. The number of carboxylic acid groups (broad SMARTS) is 1. The maximum absolute atomic E-state index is 12.1. The molecule has 0 bridgehead atoms. The molecule has 1 amide bonds. The van der Waals surface area contributed by atoms with Crippen molar-refractivity contribution in [2.45, 2.75) is 44.6 Å². The number of carbonyl (C=O) groups is 2. The Morgan fingerprint density at radius 3 is 2.45 bits per heavy atom. The highest BCUT2D eigenvalue weighted by atomic mass is 16.4. The van der Waals surface area contributed by atoms with Crippen LogP contribution < -0.4 is 5.32 Å². The lowest BCUT2D eigenvalue weighted by atomic mass is 9.93. The number of nitrogens with one attached hydrogen (secondary N) is 1. The summed E-state index contributed by atoms with van der Waals surface area (Å²) in [5, 5.41) is 12.0. The van der Waals surface area contributed by atoms with Crippen LogP contribution in [0.3, 0.4) is 0 Å². The number of rotatable bonds is 6. The summed E-state index contributed by atoms with van der Waals surface area (Å²) >= 11 is 0. The molecule has 2 atom stereocenters. The van der Waals surface area contributed by atoms with E-state index in [1.165, 1.54) is 0 Å². The third-order valence-corrected chi connectivity index (χ3v) is 4.10. The van der Waals surface area contributed by atoms with Gasteiger partial charge in [-0.3, -0.25) is 4.79 Å². The van der Waals surface area contributed by atoms with Crippen molar-refractivity contribution >= 4 is 11.9 Å². The maximum Gasteiger partial charge on any atom is 0.329 e. The molecule has 0 spiro atoms. The molecule has 1 aliphatic carbocycles. The van der Waals surface area contributed by atoms with E-state index < -0.39 is 11.5 Å². The Morgan fingerprint density at radius 1 is 1.35 bits per heavy atom. The van der Waals surface area contributed by atoms with Crippen molar-refractivity contribution in [2.24, 2.45) is 5.92 Å². The van der Waals surface area contributed by atoms with Gasteiger partial charge < -0.3 is 10.4 Å². The number of carboxylic acids is 1. The molecule has 1 fully saturated rings. The highest BCUT2D eigenvalue weighted by molar-refractivity contribution is 5.87. The van der Waals surface area contributed by atoms with Crippen LogP contribution in [-0.4, -0.2) is 22.5 Å². The Bertz CT molecular complexity index is 496. The normalized spacial score (nSPS) is 18.9. The zero-order valence-corrected chi connectivity index (χ0v) is 11.9. The predicted molar refractivity (Wildman–Crippen MR) is 76.4 cm³/mol. The third kappa shape index (κ3) is 3.18. The third-order valence-electron chi connectivity index (χ3n) is 4.10. The number of hydrogen-bond donors (Lipinski definition) is 2. The highest BCUT2D eigenvalue weighted by Gasteiger charge is 2.48. The minimum Gasteiger partial charge on any atom is -0.480 e. The van der Waals surface area contributed by atoms with Crippen LogP contribution in [0.1, 0.15) is 44.6 Å². The summed E-state index contributed by atoms with van der Waals surface area (Å²) in [6.07, 6.45) is 2.05. The molecule has 0 aromatic heterocycles. The van der Waals surface area contributed by atoms with Crippen molar-refractivity contribution in [3.63, 3.8) is 0 Å². The molecular weight excluding hydrogens is 254 g/mol. The fourth-order valence-electron chi connectivity index (χ4n) is 2.51. The van der Waals surface area contributed by atoms with Gasteiger partial charge in [0, 0.05) is 6.42 Å². The van der Waals surface area contributed by atoms with Crippen LogP contribution in [-0.2, 0) is 9.59 Å². The zero-order valence-electron chi connectivity index (χ0n) is 11.9. The van der Waals surface area contributed by atoms with E-state index in [0.717, 1.165) is 18.4 Å². The van der Waals surface area contributed by atoms with Gasteiger partial charge in [0.05, 0.1) is 0 Å². The van der Waals surface area contributed by atoms with Crippen LogP contribution in [0.15, 0.2) is 30.3 Å². The van der Waals surface area contributed by atoms with Gasteiger partial charge in [0.15, 0.2) is 0 Å². The van der Waals surface area contributed by atoms with Crippen molar-refractivity contribution in [2.75, 3.05) is 0 Å². The van der Waals surface area contributed by atoms with E-state index in [2.05, 4.69) is 5.32 Å². The van der Waals surface area contributed by atoms with Gasteiger partial charge in [-0.05, 0) is 37.2 Å². The first-order valence-corrected chi connectivity index (χ1v) is 7.03. The van der Waals surface area contributed by atoms with Crippen LogP contribution in [0, 0.1) is 5.92 Å². The van der Waals surface area contributed by atoms with Crippen molar-refractivity contribution < 1.29 is 14.7 Å². The number of hydrogen-bond acceptors (Lipinski definition) is 2. The monoisotopic (exact) mass is 275 g/mol. The first-order valence-electron chi connectivity index (χ1n) is 7.03. The Morgan fingerprint density at radius 2 is 1.95 bits per heavy atom. The molecule has 0 unspecified atom stereocenters. The molecule has 2 N–H and O–H groups in total. The molecule has 2 rings (SSSR count). The summed E-state index contributed by atoms with van der Waals surface area (Å²) in [4.78, 5) is 23.5. The van der Waals surface area contributed by atoms with Gasteiger partial charge >= 0.3 is 5.97 Å². The Labute approximate surface area is 119 Å². The molecule has 0 aliphatic heterocycles. The lowest BCUT2D eigenvalue weighted by Crippen LogP contribution is -2.54. The Balaban J connectivity index is 1.97. The van der Waals surface area contributed by atoms with E-state index in [-0.39, 0.29) is 17.7 Å². The van der Waals surface area contributed by atoms with Crippen LogP contribution in [0.5, 0.6) is 0 Å². The van der Waals surface area contributed by atoms with E-state index in [0.29, 0.717) is 6.42 Å². The first kappa shape index (κ1) is 14.6. The fraction of sp³-hybridized carbons (Fsp3) is 0.500. The number of benzene rings is 1. The molecule has 4 heteroatoms. The Kier molecular flexibility index (Phi) is 4.12. The average Bonchev–Trinajstić information content (AvgIpc) is 3.23. The second-order valence-electron chi connectivity index (χ2n) is 5.85. The fourth-order valence-corrected chi connectivity index (χ4v) is 2.51. The van der Waals surface area contributed by atoms with Crippen molar-refractivity contribution in [3.8, 4) is 0 Å². The smallest absolute Gasteiger partial charge is 0.329 e. The summed E-state index contributed by atoms with van der Waals surface area (Å²) in [6, 6.07) is 9.78. The van der Waals surface area contributed by atoms with Crippen LogP contribution in [0.4, 0.5) is 0 Å². The molecule has 1 aromatic rings. The van der Waals surface area contributed by atoms with Gasteiger partial charge in [-0.25, -0.2) is 4.79 Å². The average molecular weight is 275 g/mol. The summed E-state index contributed by atoms with van der Waals surface area (Å²) in [5.74, 6) is -0.997. The second kappa shape index (κ2) is 5.65. The number of aliphatic carboxylic acids is 1. The van der Waals surface area contributed by atoms with E-state index >= 15 is 0 Å². The molecule has 0 saturated heterocycles. The largest absolute Gasteiger partial charge is 0.480 e. The van der Waals surface area contributed by atoms with E-state index in [1.54, 1.807) is 6.92 Å². The Hall–Kier alpha value is -1.84. The molecule has 0 heterocycles. The molecule has 1 aromatic carbocycles. The molecule has 1 aliphatic rings. The van der Waals surface area contributed by atoms with Crippen molar-refractivity contribution in [3.05, 3.63) is 35.9 Å². The second-order valence-corrected chi connectivity index (χ2v) is 5.85. The molecule has 108 valence electrons. The molecule has 1 saturated carbocycles. The molecule has 0 radical (unpaired) electrons. The van der Waals surface area contributed by atoms with E-state index in [4.69, 9.17) is 0 Å². The van der Waals surface area contributed by atoms with Gasteiger partial charge in [0.1, 0.15) is 5.54 Å².